The van der Waals surface area contributed by atoms with Crippen molar-refractivity contribution in [1.82, 2.24) is 9.80 Å². The molecule has 2 aromatic rings. The number of carbonyl (C=O) groups excluding carboxylic acids is 2. The Morgan fingerprint density at radius 2 is 1.61 bits per heavy atom. The molecule has 1 fully saturated rings. The van der Waals surface area contributed by atoms with E-state index in [1.807, 2.05) is 17.0 Å². The molecule has 31 heavy (non-hydrogen) atoms. The standard InChI is InChI=1S/C25H32ClN3O2/c1-25(2,3)20-11-8-19(9-12-20)10-13-24(31)29-16-14-28(15-17-29)18-23(30)27-22-7-5-4-6-21(22)26/h4-9,11-12H,10,13-18H2,1-3H3,(H,27,30). The number of nitrogens with one attached hydrogen (secondary N) is 1. The maximum absolute atomic E-state index is 12.6. The maximum atomic E-state index is 12.6. The lowest BCUT2D eigenvalue weighted by Crippen LogP contribution is -2.50. The van der Waals surface area contributed by atoms with Crippen LogP contribution in [-0.4, -0.2) is 54.3 Å². The van der Waals surface area contributed by atoms with Crippen LogP contribution in [0.3, 0.4) is 0 Å². The zero-order valence-corrected chi connectivity index (χ0v) is 19.4. The number of carbonyl (C=O) groups is 2. The number of piperazine rings is 1. The predicted octanol–water partition coefficient (Wildman–Crippen LogP) is 4.35. The lowest BCUT2D eigenvalue weighted by Gasteiger charge is -2.34. The molecule has 0 radical (unpaired) electrons. The molecule has 5 nitrogen and oxygen atoms in total. The summed E-state index contributed by atoms with van der Waals surface area (Å²) in [5.41, 5.74) is 3.25. The third-order valence-corrected chi connectivity index (χ3v) is 6.02. The second kappa shape index (κ2) is 10.3. The first-order valence-electron chi connectivity index (χ1n) is 10.9. The van der Waals surface area contributed by atoms with Gasteiger partial charge in [0.2, 0.25) is 11.8 Å². The Balaban J connectivity index is 1.40. The van der Waals surface area contributed by atoms with Crippen LogP contribution in [0, 0.1) is 0 Å². The minimum atomic E-state index is -0.0911. The summed E-state index contributed by atoms with van der Waals surface area (Å²) in [6, 6.07) is 15.8. The number of amides is 2. The lowest BCUT2D eigenvalue weighted by atomic mass is 9.86. The number of hydrogen-bond acceptors (Lipinski definition) is 3. The minimum Gasteiger partial charge on any atom is -0.340 e. The number of para-hydroxylation sites is 1. The molecule has 1 aliphatic rings. The van der Waals surface area contributed by atoms with Crippen molar-refractivity contribution in [3.05, 3.63) is 64.7 Å². The van der Waals surface area contributed by atoms with Gasteiger partial charge in [0.1, 0.15) is 0 Å². The van der Waals surface area contributed by atoms with E-state index in [2.05, 4.69) is 55.3 Å². The molecular formula is C25H32ClN3O2. The number of halogens is 1. The van der Waals surface area contributed by atoms with Crippen molar-refractivity contribution in [3.8, 4) is 0 Å². The first kappa shape index (κ1) is 23.3. The molecule has 0 unspecified atom stereocenters. The van der Waals surface area contributed by atoms with E-state index < -0.39 is 0 Å². The lowest BCUT2D eigenvalue weighted by molar-refractivity contribution is -0.133. The third kappa shape index (κ3) is 6.81. The smallest absolute Gasteiger partial charge is 0.238 e. The van der Waals surface area contributed by atoms with Gasteiger partial charge in [0.05, 0.1) is 17.3 Å². The molecule has 0 atom stereocenters. The first-order chi connectivity index (χ1) is 14.7. The maximum Gasteiger partial charge on any atom is 0.238 e. The van der Waals surface area contributed by atoms with Gasteiger partial charge >= 0.3 is 0 Å². The molecular weight excluding hydrogens is 410 g/mol. The van der Waals surface area contributed by atoms with Gasteiger partial charge in [0.15, 0.2) is 0 Å². The molecule has 1 aliphatic heterocycles. The molecule has 1 heterocycles. The van der Waals surface area contributed by atoms with Gasteiger partial charge in [0.25, 0.3) is 0 Å². The number of aryl methyl sites for hydroxylation is 1. The summed E-state index contributed by atoms with van der Waals surface area (Å²) in [6.07, 6.45) is 1.27. The average molecular weight is 442 g/mol. The van der Waals surface area contributed by atoms with E-state index in [0.29, 0.717) is 49.9 Å². The Bertz CT molecular complexity index is 898. The van der Waals surface area contributed by atoms with Gasteiger partial charge in [0, 0.05) is 32.6 Å². The van der Waals surface area contributed by atoms with E-state index in [4.69, 9.17) is 11.6 Å². The summed E-state index contributed by atoms with van der Waals surface area (Å²) in [5.74, 6) is 0.0895. The largest absolute Gasteiger partial charge is 0.340 e. The van der Waals surface area contributed by atoms with E-state index >= 15 is 0 Å². The van der Waals surface area contributed by atoms with E-state index in [-0.39, 0.29) is 17.2 Å². The van der Waals surface area contributed by atoms with E-state index in [0.717, 1.165) is 6.42 Å². The Kier molecular flexibility index (Phi) is 7.74. The fraction of sp³-hybridized carbons (Fsp3) is 0.440. The van der Waals surface area contributed by atoms with Crippen LogP contribution < -0.4 is 5.32 Å². The van der Waals surface area contributed by atoms with E-state index in [1.165, 1.54) is 11.1 Å². The van der Waals surface area contributed by atoms with Gasteiger partial charge in [-0.2, -0.15) is 0 Å². The van der Waals surface area contributed by atoms with Gasteiger partial charge in [-0.05, 0) is 35.1 Å². The molecule has 2 aromatic carbocycles. The molecule has 0 spiro atoms. The van der Waals surface area contributed by atoms with E-state index in [9.17, 15) is 9.59 Å². The molecule has 0 saturated carbocycles. The van der Waals surface area contributed by atoms with Crippen molar-refractivity contribution < 1.29 is 9.59 Å². The van der Waals surface area contributed by atoms with Crippen molar-refractivity contribution >= 4 is 29.1 Å². The van der Waals surface area contributed by atoms with Crippen LogP contribution in [0.15, 0.2) is 48.5 Å². The van der Waals surface area contributed by atoms with Gasteiger partial charge in [-0.3, -0.25) is 14.5 Å². The van der Waals surface area contributed by atoms with Gasteiger partial charge in [-0.15, -0.1) is 0 Å². The SMILES string of the molecule is CC(C)(C)c1ccc(CCC(=O)N2CCN(CC(=O)Nc3ccccc3Cl)CC2)cc1. The Morgan fingerprint density at radius 3 is 2.23 bits per heavy atom. The summed E-state index contributed by atoms with van der Waals surface area (Å²) in [4.78, 5) is 28.9. The number of benzene rings is 2. The van der Waals surface area contributed by atoms with Crippen molar-refractivity contribution in [3.63, 3.8) is 0 Å². The predicted molar refractivity (Wildman–Crippen MR) is 127 cm³/mol. The number of hydrogen-bond donors (Lipinski definition) is 1. The summed E-state index contributed by atoms with van der Waals surface area (Å²) in [6.45, 7) is 9.60. The quantitative estimate of drug-likeness (QED) is 0.724. The van der Waals surface area contributed by atoms with Crippen LogP contribution in [-0.2, 0) is 21.4 Å². The number of rotatable bonds is 6. The highest BCUT2D eigenvalue weighted by molar-refractivity contribution is 6.33. The highest BCUT2D eigenvalue weighted by Gasteiger charge is 2.22. The van der Waals surface area contributed by atoms with Gasteiger partial charge < -0.3 is 10.2 Å². The molecule has 1 saturated heterocycles. The number of nitrogens with zero attached hydrogens (tertiary/aromatic N) is 2. The van der Waals surface area contributed by atoms with Crippen LogP contribution in [0.4, 0.5) is 5.69 Å². The Hall–Kier alpha value is -2.37. The van der Waals surface area contributed by atoms with Crippen LogP contribution in [0.1, 0.15) is 38.3 Å². The topological polar surface area (TPSA) is 52.7 Å². The summed E-state index contributed by atoms with van der Waals surface area (Å²) < 4.78 is 0. The van der Waals surface area contributed by atoms with Crippen molar-refractivity contribution in [2.24, 2.45) is 0 Å². The van der Waals surface area contributed by atoms with Crippen LogP contribution in [0.2, 0.25) is 5.02 Å². The summed E-state index contributed by atoms with van der Waals surface area (Å²) >= 11 is 6.09. The summed E-state index contributed by atoms with van der Waals surface area (Å²) in [7, 11) is 0. The molecule has 0 aliphatic carbocycles. The second-order valence-electron chi connectivity index (χ2n) is 9.13. The fourth-order valence-electron chi connectivity index (χ4n) is 3.69. The van der Waals surface area contributed by atoms with E-state index in [1.54, 1.807) is 12.1 Å². The van der Waals surface area contributed by atoms with Crippen molar-refractivity contribution in [2.75, 3.05) is 38.0 Å². The monoisotopic (exact) mass is 441 g/mol. The fourth-order valence-corrected chi connectivity index (χ4v) is 3.87. The molecule has 3 rings (SSSR count). The third-order valence-electron chi connectivity index (χ3n) is 5.69. The van der Waals surface area contributed by atoms with Gasteiger partial charge in [-0.25, -0.2) is 0 Å². The molecule has 1 N–H and O–H groups in total. The van der Waals surface area contributed by atoms with Crippen molar-refractivity contribution in [1.29, 1.82) is 0 Å². The Labute approximate surface area is 190 Å². The normalized spacial score (nSPS) is 15.0. The highest BCUT2D eigenvalue weighted by Crippen LogP contribution is 2.23. The Morgan fingerprint density at radius 1 is 0.968 bits per heavy atom. The molecule has 0 bridgehead atoms. The van der Waals surface area contributed by atoms with Crippen LogP contribution in [0.25, 0.3) is 0 Å². The first-order valence-corrected chi connectivity index (χ1v) is 11.2. The minimum absolute atomic E-state index is 0.0911. The second-order valence-corrected chi connectivity index (χ2v) is 9.54. The molecule has 2 amide bonds. The molecule has 6 heteroatoms. The number of anilines is 1. The molecule has 0 aromatic heterocycles. The molecule has 166 valence electrons. The van der Waals surface area contributed by atoms with Crippen LogP contribution in [0.5, 0.6) is 0 Å². The summed E-state index contributed by atoms with van der Waals surface area (Å²) in [5, 5.41) is 3.38. The van der Waals surface area contributed by atoms with Crippen LogP contribution >= 0.6 is 11.6 Å². The highest BCUT2D eigenvalue weighted by atomic mass is 35.5. The zero-order valence-electron chi connectivity index (χ0n) is 18.7. The average Bonchev–Trinajstić information content (AvgIpc) is 2.74. The zero-order chi connectivity index (χ0) is 22.4. The van der Waals surface area contributed by atoms with Crippen molar-refractivity contribution in [2.45, 2.75) is 39.0 Å². The van der Waals surface area contributed by atoms with Gasteiger partial charge in [-0.1, -0.05) is 68.8 Å².